The summed E-state index contributed by atoms with van der Waals surface area (Å²) >= 11 is 10.4. The third-order valence-corrected chi connectivity index (χ3v) is 13.0. The van der Waals surface area contributed by atoms with Crippen molar-refractivity contribution in [2.75, 3.05) is 40.5 Å². The molecule has 0 spiro atoms. The third kappa shape index (κ3) is 25.4. The number of nitrogens with one attached hydrogen (secondary N) is 2. The quantitative estimate of drug-likeness (QED) is 0.0171. The lowest BCUT2D eigenvalue weighted by Crippen LogP contribution is -2.20. The second-order valence-corrected chi connectivity index (χ2v) is 19.6. The Morgan fingerprint density at radius 2 is 1.05 bits per heavy atom. The topological polar surface area (TPSA) is 275 Å². The predicted octanol–water partition coefficient (Wildman–Crippen LogP) is 11.4. The number of nitrogen functional groups attached to an aromatic ring is 1. The van der Waals surface area contributed by atoms with E-state index in [1.54, 1.807) is 30.6 Å². The van der Waals surface area contributed by atoms with Crippen LogP contribution in [0, 0.1) is 51.0 Å². The highest BCUT2D eigenvalue weighted by Gasteiger charge is 2.17. The predicted molar refractivity (Wildman–Crippen MR) is 295 cm³/mol. The molecule has 78 heavy (non-hydrogen) atoms. The van der Waals surface area contributed by atoms with Crippen LogP contribution in [-0.4, -0.2) is 94.1 Å². The molecule has 0 aliphatic rings. The van der Waals surface area contributed by atoms with Gasteiger partial charge in [-0.05, 0) is 132 Å². The molecule has 5 N–H and O–H groups in total. The Hall–Kier alpha value is -7.05. The number of aryl methyl sites for hydroxylation is 4. The molecule has 0 saturated heterocycles. The van der Waals surface area contributed by atoms with Crippen LogP contribution in [0.3, 0.4) is 0 Å². The average Bonchev–Trinajstić information content (AvgIpc) is 4.25. The number of hydrogen-bond donors (Lipinski definition) is 4. The van der Waals surface area contributed by atoms with Crippen LogP contribution >= 0.6 is 57.7 Å². The Morgan fingerprint density at radius 1 is 0.590 bits per heavy atom. The first kappa shape index (κ1) is 63.5. The van der Waals surface area contributed by atoms with Crippen LogP contribution in [0.5, 0.6) is 0 Å². The molecular weight excluding hydrogens is 1120 g/mol. The summed E-state index contributed by atoms with van der Waals surface area (Å²) in [5, 5.41) is 13.5. The number of aromatic nitrogens is 12. The lowest BCUT2D eigenvalue weighted by molar-refractivity contribution is -0.143. The molecule has 8 aromatic rings. The Morgan fingerprint density at radius 3 is 1.42 bits per heavy atom. The molecule has 0 saturated carbocycles. The normalized spacial score (nSPS) is 10.3. The van der Waals surface area contributed by atoms with Crippen molar-refractivity contribution >= 4 is 108 Å². The van der Waals surface area contributed by atoms with Crippen LogP contribution in [0.1, 0.15) is 94.4 Å². The molecule has 8 rings (SSSR count). The van der Waals surface area contributed by atoms with E-state index >= 15 is 0 Å². The summed E-state index contributed by atoms with van der Waals surface area (Å²) in [5.74, 6) is 3.08. The minimum atomic E-state index is -0.380. The molecule has 0 radical (unpaired) electrons. The molecule has 21 nitrogen and oxygen atoms in total. The van der Waals surface area contributed by atoms with E-state index in [2.05, 4.69) is 62.7 Å². The van der Waals surface area contributed by atoms with Gasteiger partial charge in [-0.15, -0.1) is 0 Å². The number of hydrogen-bond acceptors (Lipinski definition) is 24. The molecule has 0 bridgehead atoms. The van der Waals surface area contributed by atoms with Crippen molar-refractivity contribution in [3.05, 3.63) is 124 Å². The van der Waals surface area contributed by atoms with Crippen LogP contribution in [-0.2, 0) is 14.3 Å². The van der Waals surface area contributed by atoms with E-state index in [1.165, 1.54) is 88.9 Å². The van der Waals surface area contributed by atoms with Gasteiger partial charge >= 0.3 is 5.97 Å². The Bertz CT molecular complexity index is 2910. The number of carbonyl (C=O) groups is 2. The van der Waals surface area contributed by atoms with E-state index in [0.717, 1.165) is 79.8 Å². The summed E-state index contributed by atoms with van der Waals surface area (Å²) in [6, 6.07) is 11.6. The Labute approximate surface area is 469 Å². The largest absolute Gasteiger partial charge is 0.466 e. The fourth-order valence-corrected chi connectivity index (χ4v) is 8.77. The second kappa shape index (κ2) is 35.4. The summed E-state index contributed by atoms with van der Waals surface area (Å²) in [6.07, 6.45) is 12.5. The van der Waals surface area contributed by atoms with E-state index in [0.29, 0.717) is 82.9 Å². The highest BCUT2D eigenvalue weighted by atomic mass is 35.5. The molecule has 1 amide bonds. The van der Waals surface area contributed by atoms with Gasteiger partial charge in [-0.1, -0.05) is 25.7 Å². The number of ether oxygens (including phenoxy) is 1. The zero-order chi connectivity index (χ0) is 56.7. The highest BCUT2D eigenvalue weighted by Crippen LogP contribution is 2.28. The summed E-state index contributed by atoms with van der Waals surface area (Å²) in [6.45, 7) is 10.9. The molecule has 418 valence electrons. The molecule has 8 aromatic heterocycles. The summed E-state index contributed by atoms with van der Waals surface area (Å²) < 4.78 is 72.3. The first-order chi connectivity index (χ1) is 37.5. The summed E-state index contributed by atoms with van der Waals surface area (Å²) in [7, 11) is 0. The fourth-order valence-electron chi connectivity index (χ4n) is 6.12. The average molecular weight is 1180 g/mol. The van der Waals surface area contributed by atoms with Gasteiger partial charge in [0.1, 0.15) is 69.8 Å². The van der Waals surface area contributed by atoms with Crippen molar-refractivity contribution in [3.63, 3.8) is 0 Å². The van der Waals surface area contributed by atoms with Crippen LogP contribution < -0.4 is 26.3 Å². The third-order valence-electron chi connectivity index (χ3n) is 9.69. The molecule has 0 unspecified atom stereocenters. The lowest BCUT2D eigenvalue weighted by Gasteiger charge is -2.20. The number of pyridine rings is 4. The maximum Gasteiger partial charge on any atom is 0.305 e. The molecule has 0 atom stereocenters. The number of unbranched alkanes of at least 4 members (excludes halogenated alkanes) is 6. The van der Waals surface area contributed by atoms with Crippen molar-refractivity contribution in [1.29, 1.82) is 0 Å². The zero-order valence-corrected chi connectivity index (χ0v) is 47.2. The van der Waals surface area contributed by atoms with Crippen molar-refractivity contribution in [3.8, 4) is 0 Å². The van der Waals surface area contributed by atoms with E-state index in [9.17, 15) is 27.2 Å². The van der Waals surface area contributed by atoms with E-state index < -0.39 is 0 Å². The van der Waals surface area contributed by atoms with Gasteiger partial charge in [0.25, 0.3) is 0 Å². The molecule has 0 aliphatic heterocycles. The first-order valence-electron chi connectivity index (χ1n) is 24.0. The molecule has 0 fully saturated rings. The van der Waals surface area contributed by atoms with Gasteiger partial charge in [0.05, 0.1) is 31.4 Å². The number of nitrogens with two attached hydrogens (primary N) is 1. The van der Waals surface area contributed by atoms with Crippen LogP contribution in [0.2, 0.25) is 4.47 Å². The molecule has 8 heterocycles. The number of esters is 1. The Balaban J connectivity index is 0.000000227. The molecule has 0 aromatic carbocycles. The van der Waals surface area contributed by atoms with Crippen molar-refractivity contribution < 1.29 is 37.1 Å². The number of halogens is 5. The van der Waals surface area contributed by atoms with Gasteiger partial charge in [-0.25, -0.2) is 62.9 Å². The maximum atomic E-state index is 13.1. The zero-order valence-electron chi connectivity index (χ0n) is 43.2. The molecular formula is C48H58ClF4N17O4S4. The number of amides is 1. The van der Waals surface area contributed by atoms with Gasteiger partial charge in [0.2, 0.25) is 25.8 Å². The number of hydroxylamine groups is 1. The summed E-state index contributed by atoms with van der Waals surface area (Å²) in [5.41, 5.74) is 6.77. The van der Waals surface area contributed by atoms with Crippen molar-refractivity contribution in [2.45, 2.75) is 98.8 Å². The smallest absolute Gasteiger partial charge is 0.305 e. The first-order valence-corrected chi connectivity index (χ1v) is 27.5. The SMILES string of the molecule is CCOC(=O)CCCCCCN(c1ccc(F)cn1)c1nc(C)ns1.Cc1nsc(Cl)n1.Cc1nsc(N(CCCCCCC(=O)NO)c2ccc(F)cn2)n1.Cc1nsc(Nc2ccc(F)cn2)n1.Nc1ccc(F)cn1. The van der Waals surface area contributed by atoms with Crippen LogP contribution in [0.15, 0.2) is 73.3 Å². The number of anilines is 7. The monoisotopic (exact) mass is 1180 g/mol. The molecule has 0 aliphatic carbocycles. The van der Waals surface area contributed by atoms with Gasteiger partial charge < -0.3 is 25.6 Å². The second-order valence-electron chi connectivity index (χ2n) is 16.0. The van der Waals surface area contributed by atoms with Crippen LogP contribution in [0.4, 0.5) is 56.2 Å². The minimum absolute atomic E-state index is 0.135. The van der Waals surface area contributed by atoms with Crippen molar-refractivity contribution in [2.24, 2.45) is 0 Å². The van der Waals surface area contributed by atoms with Gasteiger partial charge in [0.15, 0.2) is 0 Å². The number of carbonyl (C=O) groups excluding carboxylic acids is 2. The van der Waals surface area contributed by atoms with Gasteiger partial charge in [-0.2, -0.15) is 17.5 Å². The van der Waals surface area contributed by atoms with Crippen molar-refractivity contribution in [1.82, 2.24) is 62.8 Å². The van der Waals surface area contributed by atoms with E-state index in [-0.39, 0.29) is 35.1 Å². The van der Waals surface area contributed by atoms with Gasteiger partial charge in [-0.3, -0.25) is 14.8 Å². The number of rotatable bonds is 21. The maximum absolute atomic E-state index is 13.1. The van der Waals surface area contributed by atoms with Gasteiger partial charge in [0, 0.05) is 60.5 Å². The minimum Gasteiger partial charge on any atom is -0.466 e. The molecule has 30 heteroatoms. The fraction of sp³-hybridized carbons (Fsp3) is 0.375. The summed E-state index contributed by atoms with van der Waals surface area (Å²) in [4.78, 5) is 58.4. The van der Waals surface area contributed by atoms with Crippen LogP contribution in [0.25, 0.3) is 0 Å². The van der Waals surface area contributed by atoms with E-state index in [4.69, 9.17) is 27.3 Å². The lowest BCUT2D eigenvalue weighted by atomic mass is 10.1. The van der Waals surface area contributed by atoms with E-state index in [1.807, 2.05) is 37.5 Å². The highest BCUT2D eigenvalue weighted by molar-refractivity contribution is 7.10. The Kier molecular flexibility index (Phi) is 28.8. The number of nitrogens with zero attached hydrogens (tertiary/aromatic N) is 14. The standard InChI is InChI=1S/C17H23FN4O2S.C15H20FN5O2S.C8H7FN4S.C5H5FN2.C3H3ClN2S/c1-3-24-16(23)8-6-4-5-7-11-22(17-20-13(2)21-25-17)15-10-9-14(18)12-19-15;1-11-18-15(24-20-11)21(13-8-7-12(16)10-17-13)9-5-3-2-4-6-14(22)19-23;1-5-11-8(14-13-5)12-7-3-2-6(9)4-10-7;6-4-1-2-5(7)8-3-4;1-2-5-3(4)7-6-2/h9-10,12H,3-8,11H2,1-2H3;7-8,10,23H,2-6,9H2,1H3,(H,19,22);2-4H,1H3,(H,10,11,12,13);1-3H,(H2,7,8);1H3.